The monoisotopic (exact) mass is 474 g/mol. The molecule has 1 saturated heterocycles. The Kier molecular flexibility index (Phi) is 7.21. The van der Waals surface area contributed by atoms with E-state index < -0.39 is 10.0 Å². The van der Waals surface area contributed by atoms with Crippen LogP contribution in [-0.4, -0.2) is 58.7 Å². The van der Waals surface area contributed by atoms with Gasteiger partial charge in [-0.05, 0) is 61.7 Å². The van der Waals surface area contributed by atoms with E-state index >= 15 is 0 Å². The molecule has 2 aliphatic heterocycles. The van der Waals surface area contributed by atoms with Crippen molar-refractivity contribution in [2.45, 2.75) is 43.2 Å². The Hall–Kier alpha value is -2.62. The number of amides is 1. The molecule has 2 atom stereocenters. The number of carbonyl (C=O) groups excluding carboxylic acids is 1. The third-order valence-corrected chi connectivity index (χ3v) is 7.46. The number of carbonyl (C=O) groups is 1. The molecule has 33 heavy (non-hydrogen) atoms. The third kappa shape index (κ3) is 5.31. The summed E-state index contributed by atoms with van der Waals surface area (Å²) < 4.78 is 44.2. The first kappa shape index (κ1) is 23.5. The van der Waals surface area contributed by atoms with Gasteiger partial charge >= 0.3 is 0 Å². The van der Waals surface area contributed by atoms with Crippen molar-refractivity contribution in [3.8, 4) is 11.5 Å². The molecule has 9 heteroatoms. The molecule has 0 unspecified atom stereocenters. The van der Waals surface area contributed by atoms with Crippen LogP contribution in [0.2, 0.25) is 0 Å². The Balaban J connectivity index is 1.50. The normalized spacial score (nSPS) is 19.2. The van der Waals surface area contributed by atoms with Crippen LogP contribution in [0.15, 0.2) is 47.4 Å². The van der Waals surface area contributed by atoms with Crippen LogP contribution in [0.3, 0.4) is 0 Å². The van der Waals surface area contributed by atoms with Gasteiger partial charge < -0.3 is 19.1 Å². The Morgan fingerprint density at radius 1 is 1.12 bits per heavy atom. The maximum absolute atomic E-state index is 13.3. The first-order valence-electron chi connectivity index (χ1n) is 11.2. The van der Waals surface area contributed by atoms with Crippen molar-refractivity contribution in [3.63, 3.8) is 0 Å². The summed E-state index contributed by atoms with van der Waals surface area (Å²) in [4.78, 5) is 15.2. The maximum Gasteiger partial charge on any atom is 0.254 e. The second-order valence-electron chi connectivity index (χ2n) is 8.42. The Bertz CT molecular complexity index is 1090. The number of hydrogen-bond donors (Lipinski definition) is 1. The lowest BCUT2D eigenvalue weighted by Gasteiger charge is -2.26. The lowest BCUT2D eigenvalue weighted by molar-refractivity contribution is 0.0735. The molecule has 0 spiro atoms. The summed E-state index contributed by atoms with van der Waals surface area (Å²) in [5.41, 5.74) is 1.47. The highest BCUT2D eigenvalue weighted by Crippen LogP contribution is 2.38. The predicted molar refractivity (Wildman–Crippen MR) is 123 cm³/mol. The van der Waals surface area contributed by atoms with E-state index in [0.717, 1.165) is 30.6 Å². The van der Waals surface area contributed by atoms with Crippen LogP contribution in [-0.2, 0) is 14.8 Å². The van der Waals surface area contributed by atoms with Gasteiger partial charge in [0.1, 0.15) is 0 Å². The molecule has 2 aromatic rings. The number of likely N-dealkylation sites (tertiary alicyclic amines) is 1. The summed E-state index contributed by atoms with van der Waals surface area (Å²) in [5, 5.41) is 0. The molecule has 0 radical (unpaired) electrons. The standard InChI is InChI=1S/C24H30N2O6S/c1-17(16-30-2)25-33(28,29)20-9-6-18(7-10-20)24(27)26-12-3-5-21(26)19-8-11-22-23(15-19)32-14-4-13-31-22/h6-11,15,17,21,25H,3-5,12-14,16H2,1-2H3/t17-,21+/m1/s1. The molecule has 0 saturated carbocycles. The van der Waals surface area contributed by atoms with Crippen molar-refractivity contribution in [1.29, 1.82) is 0 Å². The topological polar surface area (TPSA) is 94.2 Å². The average molecular weight is 475 g/mol. The molecule has 0 bridgehead atoms. The van der Waals surface area contributed by atoms with E-state index in [4.69, 9.17) is 14.2 Å². The molecule has 1 N–H and O–H groups in total. The first-order chi connectivity index (χ1) is 15.9. The van der Waals surface area contributed by atoms with Crippen LogP contribution >= 0.6 is 0 Å². The molecular weight excluding hydrogens is 444 g/mol. The van der Waals surface area contributed by atoms with Gasteiger partial charge in [0.15, 0.2) is 11.5 Å². The van der Waals surface area contributed by atoms with Gasteiger partial charge in [0.25, 0.3) is 5.91 Å². The van der Waals surface area contributed by atoms with Crippen LogP contribution in [0.4, 0.5) is 0 Å². The summed E-state index contributed by atoms with van der Waals surface area (Å²) in [6.45, 7) is 3.89. The number of fused-ring (bicyclic) bond motifs is 1. The fraction of sp³-hybridized carbons (Fsp3) is 0.458. The summed E-state index contributed by atoms with van der Waals surface area (Å²) in [6, 6.07) is 11.5. The Morgan fingerprint density at radius 3 is 2.58 bits per heavy atom. The summed E-state index contributed by atoms with van der Waals surface area (Å²) in [5.74, 6) is 1.33. The van der Waals surface area contributed by atoms with E-state index in [1.807, 2.05) is 23.1 Å². The highest BCUT2D eigenvalue weighted by molar-refractivity contribution is 7.89. The van der Waals surface area contributed by atoms with Gasteiger partial charge in [-0.2, -0.15) is 0 Å². The van der Waals surface area contributed by atoms with Gasteiger partial charge in [-0.1, -0.05) is 6.07 Å². The average Bonchev–Trinajstić information content (AvgIpc) is 3.17. The Labute approximate surface area is 194 Å². The maximum atomic E-state index is 13.3. The zero-order chi connectivity index (χ0) is 23.4. The van der Waals surface area contributed by atoms with Crippen molar-refractivity contribution >= 4 is 15.9 Å². The minimum Gasteiger partial charge on any atom is -0.490 e. The fourth-order valence-corrected chi connectivity index (χ4v) is 5.53. The van der Waals surface area contributed by atoms with Crippen LogP contribution in [0, 0.1) is 0 Å². The zero-order valence-corrected chi connectivity index (χ0v) is 19.8. The summed E-state index contributed by atoms with van der Waals surface area (Å²) in [7, 11) is -2.17. The van der Waals surface area contributed by atoms with Gasteiger partial charge in [0, 0.05) is 31.7 Å². The van der Waals surface area contributed by atoms with Crippen molar-refractivity contribution in [2.75, 3.05) is 33.5 Å². The number of nitrogens with one attached hydrogen (secondary N) is 1. The number of ether oxygens (including phenoxy) is 3. The van der Waals surface area contributed by atoms with Crippen LogP contribution in [0.1, 0.15) is 48.1 Å². The van der Waals surface area contributed by atoms with Crippen molar-refractivity contribution < 1.29 is 27.4 Å². The number of hydrogen-bond acceptors (Lipinski definition) is 6. The molecule has 178 valence electrons. The molecule has 0 aliphatic carbocycles. The molecule has 2 heterocycles. The summed E-state index contributed by atoms with van der Waals surface area (Å²) in [6.07, 6.45) is 2.60. The van der Waals surface area contributed by atoms with Crippen molar-refractivity contribution in [3.05, 3.63) is 53.6 Å². The quantitative estimate of drug-likeness (QED) is 0.663. The van der Waals surface area contributed by atoms with Gasteiger partial charge in [0.05, 0.1) is 30.8 Å². The highest BCUT2D eigenvalue weighted by atomic mass is 32.2. The molecule has 8 nitrogen and oxygen atoms in total. The Morgan fingerprint density at radius 2 is 1.85 bits per heavy atom. The van der Waals surface area contributed by atoms with Crippen LogP contribution in [0.25, 0.3) is 0 Å². The van der Waals surface area contributed by atoms with Gasteiger partial charge in [-0.25, -0.2) is 13.1 Å². The number of methoxy groups -OCH3 is 1. The molecule has 0 aromatic heterocycles. The van der Waals surface area contributed by atoms with Crippen molar-refractivity contribution in [2.24, 2.45) is 0 Å². The van der Waals surface area contributed by atoms with E-state index in [1.165, 1.54) is 19.2 Å². The molecule has 1 fully saturated rings. The lowest BCUT2D eigenvalue weighted by atomic mass is 10.0. The number of benzene rings is 2. The largest absolute Gasteiger partial charge is 0.490 e. The molecular formula is C24H30N2O6S. The predicted octanol–water partition coefficient (Wildman–Crippen LogP) is 3.14. The van der Waals surface area contributed by atoms with E-state index in [1.54, 1.807) is 19.1 Å². The van der Waals surface area contributed by atoms with Crippen molar-refractivity contribution in [1.82, 2.24) is 9.62 Å². The van der Waals surface area contributed by atoms with E-state index in [-0.39, 0.29) is 29.5 Å². The van der Waals surface area contributed by atoms with Gasteiger partial charge in [-0.3, -0.25) is 4.79 Å². The molecule has 4 rings (SSSR count). The molecule has 1 amide bonds. The SMILES string of the molecule is COC[C@@H](C)NS(=O)(=O)c1ccc(C(=O)N2CCC[C@H]2c2ccc3c(c2)OCCCO3)cc1. The lowest BCUT2D eigenvalue weighted by Crippen LogP contribution is -2.35. The van der Waals surface area contributed by atoms with Crippen LogP contribution < -0.4 is 14.2 Å². The molecule has 2 aromatic carbocycles. The van der Waals surface area contributed by atoms with E-state index in [9.17, 15) is 13.2 Å². The number of sulfonamides is 1. The van der Waals surface area contributed by atoms with Gasteiger partial charge in [-0.15, -0.1) is 0 Å². The smallest absolute Gasteiger partial charge is 0.254 e. The first-order valence-corrected chi connectivity index (χ1v) is 12.7. The summed E-state index contributed by atoms with van der Waals surface area (Å²) >= 11 is 0. The highest BCUT2D eigenvalue weighted by Gasteiger charge is 2.31. The number of nitrogens with zero attached hydrogens (tertiary/aromatic N) is 1. The molecule has 2 aliphatic rings. The number of rotatable bonds is 7. The second kappa shape index (κ2) is 10.1. The minimum absolute atomic E-state index is 0.0605. The zero-order valence-electron chi connectivity index (χ0n) is 19.0. The second-order valence-corrected chi connectivity index (χ2v) is 10.1. The third-order valence-electron chi connectivity index (χ3n) is 5.85. The van der Waals surface area contributed by atoms with E-state index in [2.05, 4.69) is 4.72 Å². The van der Waals surface area contributed by atoms with E-state index in [0.29, 0.717) is 31.1 Å². The van der Waals surface area contributed by atoms with Crippen LogP contribution in [0.5, 0.6) is 11.5 Å². The fourth-order valence-electron chi connectivity index (χ4n) is 4.30. The van der Waals surface area contributed by atoms with Gasteiger partial charge in [0.2, 0.25) is 10.0 Å². The minimum atomic E-state index is -3.69.